The summed E-state index contributed by atoms with van der Waals surface area (Å²) in [7, 11) is 3.64. The third-order valence-corrected chi connectivity index (χ3v) is 5.65. The molecule has 8 heteroatoms. The number of ether oxygens (including phenoxy) is 2. The van der Waals surface area contributed by atoms with Crippen LogP contribution < -0.4 is 19.7 Å². The van der Waals surface area contributed by atoms with E-state index in [2.05, 4.69) is 25.2 Å². The van der Waals surface area contributed by atoms with E-state index < -0.39 is 0 Å². The fourth-order valence-electron chi connectivity index (χ4n) is 3.91. The van der Waals surface area contributed by atoms with Crippen LogP contribution in [0.2, 0.25) is 0 Å². The van der Waals surface area contributed by atoms with Gasteiger partial charge in [0.2, 0.25) is 5.95 Å². The van der Waals surface area contributed by atoms with E-state index in [9.17, 15) is 0 Å². The lowest BCUT2D eigenvalue weighted by atomic mass is 10.2. The van der Waals surface area contributed by atoms with Gasteiger partial charge in [-0.15, -0.1) is 0 Å². The first-order chi connectivity index (χ1) is 16.2. The maximum absolute atomic E-state index is 6.05. The fourth-order valence-corrected chi connectivity index (χ4v) is 3.91. The molecule has 0 atom stereocenters. The Morgan fingerprint density at radius 3 is 2.70 bits per heavy atom. The first-order valence-electron chi connectivity index (χ1n) is 11.5. The molecule has 2 aromatic heterocycles. The first-order valence-corrected chi connectivity index (χ1v) is 11.5. The molecule has 1 aromatic carbocycles. The van der Waals surface area contributed by atoms with Crippen molar-refractivity contribution in [3.05, 3.63) is 60.6 Å². The molecule has 33 heavy (non-hydrogen) atoms. The van der Waals surface area contributed by atoms with Crippen LogP contribution in [0, 0.1) is 0 Å². The van der Waals surface area contributed by atoms with Gasteiger partial charge in [-0.05, 0) is 62.7 Å². The summed E-state index contributed by atoms with van der Waals surface area (Å²) in [4.78, 5) is 17.9. The molecule has 0 amide bonds. The Hall–Kier alpha value is -3.39. The number of anilines is 3. The lowest BCUT2D eigenvalue weighted by Crippen LogP contribution is -2.21. The maximum Gasteiger partial charge on any atom is 0.229 e. The Morgan fingerprint density at radius 2 is 1.91 bits per heavy atom. The summed E-state index contributed by atoms with van der Waals surface area (Å²) in [5.41, 5.74) is 1.82. The predicted molar refractivity (Wildman–Crippen MR) is 130 cm³/mol. The molecule has 174 valence electrons. The van der Waals surface area contributed by atoms with Gasteiger partial charge in [0.25, 0.3) is 0 Å². The second-order valence-electron chi connectivity index (χ2n) is 8.16. The summed E-state index contributed by atoms with van der Waals surface area (Å²) in [6.45, 7) is 4.81. The Morgan fingerprint density at radius 1 is 1.03 bits per heavy atom. The molecule has 1 saturated heterocycles. The van der Waals surface area contributed by atoms with Crippen molar-refractivity contribution in [3.63, 3.8) is 0 Å². The topological polar surface area (TPSA) is 75.6 Å². The molecule has 1 aliphatic heterocycles. The minimum absolute atomic E-state index is 0.519. The highest BCUT2D eigenvalue weighted by atomic mass is 16.5. The van der Waals surface area contributed by atoms with Crippen LogP contribution in [0.25, 0.3) is 0 Å². The molecule has 0 spiro atoms. The van der Waals surface area contributed by atoms with Gasteiger partial charge in [-0.3, -0.25) is 4.98 Å². The lowest BCUT2D eigenvalue weighted by molar-refractivity contribution is 0.254. The third kappa shape index (κ3) is 6.55. The second-order valence-corrected chi connectivity index (χ2v) is 8.16. The molecule has 1 aliphatic rings. The monoisotopic (exact) mass is 448 g/mol. The molecule has 0 radical (unpaired) electrons. The SMILES string of the molecule is COc1ccc(Nc2nccc(N(C)Cc3ccccn3)n2)cc1OCCCN1CCCC1. The van der Waals surface area contributed by atoms with Gasteiger partial charge in [0.1, 0.15) is 5.82 Å². The predicted octanol–water partition coefficient (Wildman–Crippen LogP) is 4.12. The normalized spacial score (nSPS) is 13.6. The number of methoxy groups -OCH3 is 1. The zero-order valence-corrected chi connectivity index (χ0v) is 19.4. The van der Waals surface area contributed by atoms with Gasteiger partial charge in [-0.2, -0.15) is 4.98 Å². The molecule has 0 aliphatic carbocycles. The van der Waals surface area contributed by atoms with E-state index >= 15 is 0 Å². The minimum atomic E-state index is 0.519. The summed E-state index contributed by atoms with van der Waals surface area (Å²) in [6.07, 6.45) is 7.16. The highest BCUT2D eigenvalue weighted by molar-refractivity contribution is 5.60. The van der Waals surface area contributed by atoms with E-state index in [0.29, 0.717) is 30.6 Å². The number of benzene rings is 1. The number of pyridine rings is 1. The third-order valence-electron chi connectivity index (χ3n) is 5.65. The highest BCUT2D eigenvalue weighted by Gasteiger charge is 2.12. The van der Waals surface area contributed by atoms with Crippen molar-refractivity contribution in [2.45, 2.75) is 25.8 Å². The van der Waals surface area contributed by atoms with Crippen molar-refractivity contribution in [3.8, 4) is 11.5 Å². The standard InChI is InChI=1S/C25H32N6O2/c1-30(19-21-8-3-4-12-26-21)24-11-13-27-25(29-24)28-20-9-10-22(32-2)23(18-20)33-17-7-16-31-14-5-6-15-31/h3-4,8-13,18H,5-7,14-17,19H2,1-2H3,(H,27,28,29). The van der Waals surface area contributed by atoms with Gasteiger partial charge in [-0.25, -0.2) is 4.98 Å². The van der Waals surface area contributed by atoms with E-state index in [-0.39, 0.29) is 0 Å². The number of rotatable bonds is 11. The van der Waals surface area contributed by atoms with Crippen molar-refractivity contribution in [1.29, 1.82) is 0 Å². The van der Waals surface area contributed by atoms with Crippen LogP contribution in [0.15, 0.2) is 54.9 Å². The van der Waals surface area contributed by atoms with Gasteiger partial charge in [0.15, 0.2) is 11.5 Å². The van der Waals surface area contributed by atoms with Crippen LogP contribution >= 0.6 is 0 Å². The highest BCUT2D eigenvalue weighted by Crippen LogP contribution is 2.31. The average Bonchev–Trinajstić information content (AvgIpc) is 3.36. The van der Waals surface area contributed by atoms with Crippen molar-refractivity contribution in [2.75, 3.05) is 50.6 Å². The summed E-state index contributed by atoms with van der Waals surface area (Å²) < 4.78 is 11.5. The Balaban J connectivity index is 1.37. The van der Waals surface area contributed by atoms with E-state index in [1.54, 1.807) is 19.5 Å². The van der Waals surface area contributed by atoms with E-state index in [1.165, 1.54) is 25.9 Å². The lowest BCUT2D eigenvalue weighted by Gasteiger charge is -2.18. The molecule has 0 unspecified atom stereocenters. The molecule has 4 rings (SSSR count). The Bertz CT molecular complexity index is 1010. The van der Waals surface area contributed by atoms with Crippen LogP contribution in [0.5, 0.6) is 11.5 Å². The van der Waals surface area contributed by atoms with Crippen LogP contribution in [-0.4, -0.2) is 60.3 Å². The van der Waals surface area contributed by atoms with Crippen LogP contribution in [0.4, 0.5) is 17.5 Å². The summed E-state index contributed by atoms with van der Waals surface area (Å²) in [5, 5.41) is 3.28. The quantitative estimate of drug-likeness (QED) is 0.439. The zero-order chi connectivity index (χ0) is 22.9. The Labute approximate surface area is 195 Å². The van der Waals surface area contributed by atoms with Gasteiger partial charge in [0.05, 0.1) is 26.0 Å². The van der Waals surface area contributed by atoms with Crippen molar-refractivity contribution in [1.82, 2.24) is 19.9 Å². The smallest absolute Gasteiger partial charge is 0.229 e. The summed E-state index contributed by atoms with van der Waals surface area (Å²) in [6, 6.07) is 13.6. The van der Waals surface area contributed by atoms with Crippen LogP contribution in [0.1, 0.15) is 25.0 Å². The largest absolute Gasteiger partial charge is 0.493 e. The molecular formula is C25H32N6O2. The number of nitrogens with one attached hydrogen (secondary N) is 1. The maximum atomic E-state index is 6.05. The summed E-state index contributed by atoms with van der Waals surface area (Å²) >= 11 is 0. The van der Waals surface area contributed by atoms with E-state index in [0.717, 1.165) is 30.2 Å². The number of hydrogen-bond acceptors (Lipinski definition) is 8. The molecule has 3 heterocycles. The number of hydrogen-bond donors (Lipinski definition) is 1. The molecule has 0 bridgehead atoms. The fraction of sp³-hybridized carbons (Fsp3) is 0.400. The van der Waals surface area contributed by atoms with Crippen LogP contribution in [-0.2, 0) is 6.54 Å². The molecule has 1 fully saturated rings. The average molecular weight is 449 g/mol. The van der Waals surface area contributed by atoms with Gasteiger partial charge in [0, 0.05) is 37.7 Å². The molecular weight excluding hydrogens is 416 g/mol. The van der Waals surface area contributed by atoms with Gasteiger partial charge >= 0.3 is 0 Å². The van der Waals surface area contributed by atoms with Crippen molar-refractivity contribution >= 4 is 17.5 Å². The number of nitrogens with zero attached hydrogens (tertiary/aromatic N) is 5. The summed E-state index contributed by atoms with van der Waals surface area (Å²) in [5.74, 6) is 2.76. The Kier molecular flexibility index (Phi) is 7.92. The molecule has 8 nitrogen and oxygen atoms in total. The van der Waals surface area contributed by atoms with Crippen molar-refractivity contribution < 1.29 is 9.47 Å². The first kappa shape index (κ1) is 22.8. The van der Waals surface area contributed by atoms with Gasteiger partial charge < -0.3 is 24.6 Å². The van der Waals surface area contributed by atoms with E-state index in [4.69, 9.17) is 9.47 Å². The number of likely N-dealkylation sites (tertiary alicyclic amines) is 1. The van der Waals surface area contributed by atoms with Gasteiger partial charge in [-0.1, -0.05) is 6.07 Å². The van der Waals surface area contributed by atoms with Crippen molar-refractivity contribution in [2.24, 2.45) is 0 Å². The van der Waals surface area contributed by atoms with E-state index in [1.807, 2.05) is 54.4 Å². The molecule has 0 saturated carbocycles. The molecule has 1 N–H and O–H groups in total. The zero-order valence-electron chi connectivity index (χ0n) is 19.4. The second kappa shape index (κ2) is 11.5. The minimum Gasteiger partial charge on any atom is -0.493 e. The van der Waals surface area contributed by atoms with Crippen LogP contribution in [0.3, 0.4) is 0 Å². The molecule has 3 aromatic rings. The number of aromatic nitrogens is 3.